The number of rotatable bonds is 3. The van der Waals surface area contributed by atoms with Crippen molar-refractivity contribution in [3.05, 3.63) is 23.9 Å². The molecule has 0 amide bonds. The number of hydrogen-bond donors (Lipinski definition) is 2. The maximum absolute atomic E-state index is 13.5. The van der Waals surface area contributed by atoms with E-state index in [0.29, 0.717) is 32.8 Å². The van der Waals surface area contributed by atoms with Gasteiger partial charge in [0.05, 0.1) is 13.2 Å². The van der Waals surface area contributed by atoms with Crippen LogP contribution in [0.2, 0.25) is 0 Å². The van der Waals surface area contributed by atoms with Gasteiger partial charge in [-0.15, -0.1) is 0 Å². The first-order valence-corrected chi connectivity index (χ1v) is 6.64. The molecule has 20 heavy (non-hydrogen) atoms. The van der Waals surface area contributed by atoms with Gasteiger partial charge in [0.2, 0.25) is 0 Å². The fourth-order valence-electron chi connectivity index (χ4n) is 2.65. The van der Waals surface area contributed by atoms with Gasteiger partial charge in [-0.05, 0) is 25.1 Å². The predicted molar refractivity (Wildman–Crippen MR) is 69.7 cm³/mol. The lowest BCUT2D eigenvalue weighted by Gasteiger charge is -2.40. The zero-order valence-electron chi connectivity index (χ0n) is 11.2. The van der Waals surface area contributed by atoms with Crippen LogP contribution in [0.25, 0.3) is 0 Å². The monoisotopic (exact) mass is 291 g/mol. The molecule has 1 aliphatic heterocycles. The van der Waals surface area contributed by atoms with E-state index in [-0.39, 0.29) is 12.1 Å². The van der Waals surface area contributed by atoms with E-state index in [9.17, 15) is 13.2 Å². The van der Waals surface area contributed by atoms with E-state index < -0.39 is 17.6 Å². The van der Waals surface area contributed by atoms with Crippen molar-refractivity contribution in [3.63, 3.8) is 0 Å². The van der Waals surface area contributed by atoms with Crippen molar-refractivity contribution in [2.75, 3.05) is 32.8 Å². The number of morpholine rings is 1. The van der Waals surface area contributed by atoms with Crippen LogP contribution in [0.3, 0.4) is 0 Å². The van der Waals surface area contributed by atoms with Crippen LogP contribution in [0, 0.1) is 5.41 Å². The molecule has 0 radical (unpaired) electrons. The van der Waals surface area contributed by atoms with E-state index in [1.807, 2.05) is 4.90 Å². The van der Waals surface area contributed by atoms with Gasteiger partial charge in [-0.2, -0.15) is 13.2 Å². The molecule has 1 fully saturated rings. The summed E-state index contributed by atoms with van der Waals surface area (Å²) in [5.41, 5.74) is 9.33. The average Bonchev–Trinajstić information content (AvgIpc) is 2.40. The molecule has 1 aliphatic carbocycles. The second-order valence-electron chi connectivity index (χ2n) is 5.27. The van der Waals surface area contributed by atoms with Crippen molar-refractivity contribution in [1.29, 1.82) is 0 Å². The van der Waals surface area contributed by atoms with Crippen molar-refractivity contribution < 1.29 is 17.9 Å². The van der Waals surface area contributed by atoms with Crippen LogP contribution >= 0.6 is 0 Å². The standard InChI is InChI=1S/C13H20F3N3O/c14-13(15,16)12(9-10(17)1-2-11(12)18)3-4-19-5-7-20-8-6-19/h1-2,9,11H,3-8,17-18H2. The highest BCUT2D eigenvalue weighted by atomic mass is 19.4. The van der Waals surface area contributed by atoms with Gasteiger partial charge < -0.3 is 16.2 Å². The van der Waals surface area contributed by atoms with Gasteiger partial charge in [-0.25, -0.2) is 0 Å². The van der Waals surface area contributed by atoms with Crippen LogP contribution < -0.4 is 11.5 Å². The number of nitrogens with two attached hydrogens (primary N) is 2. The molecule has 0 spiro atoms. The van der Waals surface area contributed by atoms with Crippen LogP contribution in [0.15, 0.2) is 23.9 Å². The molecule has 2 unspecified atom stereocenters. The van der Waals surface area contributed by atoms with Gasteiger partial charge in [0.1, 0.15) is 5.41 Å². The van der Waals surface area contributed by atoms with Gasteiger partial charge in [0.25, 0.3) is 0 Å². The summed E-state index contributed by atoms with van der Waals surface area (Å²) < 4.78 is 45.7. The van der Waals surface area contributed by atoms with Crippen LogP contribution in [-0.2, 0) is 4.74 Å². The largest absolute Gasteiger partial charge is 0.399 e. The highest BCUT2D eigenvalue weighted by Crippen LogP contribution is 2.47. The molecule has 2 aliphatic rings. The Labute approximate surface area is 116 Å². The number of allylic oxidation sites excluding steroid dienone is 1. The van der Waals surface area contributed by atoms with E-state index in [4.69, 9.17) is 16.2 Å². The highest BCUT2D eigenvalue weighted by molar-refractivity contribution is 5.30. The Bertz CT molecular complexity index is 402. The normalized spacial score (nSPS) is 32.2. The highest BCUT2D eigenvalue weighted by Gasteiger charge is 2.56. The summed E-state index contributed by atoms with van der Waals surface area (Å²) in [6.07, 6.45) is -0.680. The number of nitrogens with zero attached hydrogens (tertiary/aromatic N) is 1. The molecule has 1 saturated heterocycles. The molecule has 0 aromatic heterocycles. The fourth-order valence-corrected chi connectivity index (χ4v) is 2.65. The molecule has 7 heteroatoms. The lowest BCUT2D eigenvalue weighted by atomic mass is 9.73. The second kappa shape index (κ2) is 5.75. The van der Waals surface area contributed by atoms with Crippen LogP contribution in [0.1, 0.15) is 6.42 Å². The zero-order valence-corrected chi connectivity index (χ0v) is 11.2. The summed E-state index contributed by atoms with van der Waals surface area (Å²) in [6.45, 7) is 2.75. The summed E-state index contributed by atoms with van der Waals surface area (Å²) in [4.78, 5) is 1.96. The molecule has 0 bridgehead atoms. The lowest BCUT2D eigenvalue weighted by Crippen LogP contribution is -2.53. The fraction of sp³-hybridized carbons (Fsp3) is 0.692. The third-order valence-electron chi connectivity index (χ3n) is 3.99. The molecule has 4 N–H and O–H groups in total. The number of halogens is 3. The number of hydrogen-bond acceptors (Lipinski definition) is 4. The molecule has 2 rings (SSSR count). The minimum atomic E-state index is -4.42. The second-order valence-corrected chi connectivity index (χ2v) is 5.27. The predicted octanol–water partition coefficient (Wildman–Crippen LogP) is 0.997. The van der Waals surface area contributed by atoms with Gasteiger partial charge in [0, 0.05) is 24.8 Å². The summed E-state index contributed by atoms with van der Waals surface area (Å²) in [7, 11) is 0. The molecule has 0 aromatic rings. The summed E-state index contributed by atoms with van der Waals surface area (Å²) in [6, 6.07) is -1.10. The molecular formula is C13H20F3N3O. The Hall–Kier alpha value is -1.05. The smallest absolute Gasteiger partial charge is 0.399 e. The van der Waals surface area contributed by atoms with Crippen LogP contribution in [-0.4, -0.2) is 50.0 Å². The summed E-state index contributed by atoms with van der Waals surface area (Å²) >= 11 is 0. The topological polar surface area (TPSA) is 64.5 Å². The van der Waals surface area contributed by atoms with E-state index in [2.05, 4.69) is 0 Å². The molecule has 114 valence electrons. The molecule has 4 nitrogen and oxygen atoms in total. The molecular weight excluding hydrogens is 271 g/mol. The van der Waals surface area contributed by atoms with Gasteiger partial charge in [-0.3, -0.25) is 4.90 Å². The molecule has 0 aromatic carbocycles. The first-order chi connectivity index (χ1) is 9.35. The minimum absolute atomic E-state index is 0.0945. The maximum Gasteiger partial charge on any atom is 0.399 e. The Morgan fingerprint density at radius 3 is 2.60 bits per heavy atom. The van der Waals surface area contributed by atoms with Crippen molar-refractivity contribution in [1.82, 2.24) is 4.90 Å². The zero-order chi connectivity index (χ0) is 14.8. The van der Waals surface area contributed by atoms with Crippen LogP contribution in [0.4, 0.5) is 13.2 Å². The molecule has 1 heterocycles. The Morgan fingerprint density at radius 1 is 1.35 bits per heavy atom. The quantitative estimate of drug-likeness (QED) is 0.814. The number of alkyl halides is 3. The van der Waals surface area contributed by atoms with Crippen molar-refractivity contribution >= 4 is 0 Å². The first-order valence-electron chi connectivity index (χ1n) is 6.64. The maximum atomic E-state index is 13.5. The van der Waals surface area contributed by atoms with E-state index >= 15 is 0 Å². The van der Waals surface area contributed by atoms with E-state index in [0.717, 1.165) is 6.08 Å². The summed E-state index contributed by atoms with van der Waals surface area (Å²) in [5.74, 6) is 0. The van der Waals surface area contributed by atoms with E-state index in [1.54, 1.807) is 0 Å². The van der Waals surface area contributed by atoms with Gasteiger partial charge >= 0.3 is 6.18 Å². The van der Waals surface area contributed by atoms with Crippen molar-refractivity contribution in [2.24, 2.45) is 16.9 Å². The van der Waals surface area contributed by atoms with Crippen LogP contribution in [0.5, 0.6) is 0 Å². The average molecular weight is 291 g/mol. The Morgan fingerprint density at radius 2 is 2.00 bits per heavy atom. The number of ether oxygens (including phenoxy) is 1. The minimum Gasteiger partial charge on any atom is -0.399 e. The van der Waals surface area contributed by atoms with Gasteiger partial charge in [-0.1, -0.05) is 6.08 Å². The molecule has 0 saturated carbocycles. The molecule has 2 atom stereocenters. The lowest BCUT2D eigenvalue weighted by molar-refractivity contribution is -0.213. The van der Waals surface area contributed by atoms with Gasteiger partial charge in [0.15, 0.2) is 0 Å². The SMILES string of the molecule is NC1=CC(CCN2CCOCC2)(C(F)(F)F)C(N)C=C1. The first kappa shape index (κ1) is 15.3. The summed E-state index contributed by atoms with van der Waals surface area (Å²) in [5, 5.41) is 0. The third kappa shape index (κ3) is 2.99. The Kier molecular flexibility index (Phi) is 4.41. The van der Waals surface area contributed by atoms with Crippen molar-refractivity contribution in [2.45, 2.75) is 18.6 Å². The third-order valence-corrected chi connectivity index (χ3v) is 3.99. The Balaban J connectivity index is 2.14. The van der Waals surface area contributed by atoms with E-state index in [1.165, 1.54) is 12.2 Å². The van der Waals surface area contributed by atoms with Crippen molar-refractivity contribution in [3.8, 4) is 0 Å².